The molecular weight excluding hydrogens is 262 g/mol. The van der Waals surface area contributed by atoms with Crippen molar-refractivity contribution in [3.63, 3.8) is 0 Å². The minimum Gasteiger partial charge on any atom is -0.459 e. The summed E-state index contributed by atoms with van der Waals surface area (Å²) in [5.74, 6) is 2.75. The van der Waals surface area contributed by atoms with Crippen LogP contribution in [0, 0.1) is 5.92 Å². The molecule has 1 aromatic carbocycles. The molecule has 1 N–H and O–H groups in total. The second kappa shape index (κ2) is 6.20. The van der Waals surface area contributed by atoms with Crippen LogP contribution in [0.1, 0.15) is 25.5 Å². The molecule has 1 fully saturated rings. The number of furan rings is 1. The van der Waals surface area contributed by atoms with E-state index in [1.54, 1.807) is 0 Å². The van der Waals surface area contributed by atoms with Gasteiger partial charge in [-0.3, -0.25) is 4.99 Å². The van der Waals surface area contributed by atoms with E-state index in [1.807, 2.05) is 25.2 Å². The molecule has 4 nitrogen and oxygen atoms in total. The number of likely N-dealkylation sites (tertiary alicyclic amines) is 1. The first kappa shape index (κ1) is 14.0. The third-order valence-corrected chi connectivity index (χ3v) is 4.19. The third kappa shape index (κ3) is 3.20. The predicted molar refractivity (Wildman–Crippen MR) is 86.4 cm³/mol. The zero-order chi connectivity index (χ0) is 14.7. The topological polar surface area (TPSA) is 40.8 Å². The Hall–Kier alpha value is -1.97. The highest BCUT2D eigenvalue weighted by Crippen LogP contribution is 2.19. The Bertz CT molecular complexity index is 591. The van der Waals surface area contributed by atoms with E-state index in [1.165, 1.54) is 12.8 Å². The summed E-state index contributed by atoms with van der Waals surface area (Å²) >= 11 is 0. The molecule has 2 aromatic rings. The molecule has 112 valence electrons. The number of nitrogens with zero attached hydrogens (tertiary/aromatic N) is 2. The summed E-state index contributed by atoms with van der Waals surface area (Å²) in [6, 6.07) is 10.2. The van der Waals surface area contributed by atoms with Gasteiger partial charge in [0.1, 0.15) is 11.3 Å². The second-order valence-corrected chi connectivity index (χ2v) is 5.82. The summed E-state index contributed by atoms with van der Waals surface area (Å²) < 4.78 is 5.83. The Labute approximate surface area is 125 Å². The Morgan fingerprint density at radius 3 is 2.81 bits per heavy atom. The van der Waals surface area contributed by atoms with E-state index in [-0.39, 0.29) is 0 Å². The molecule has 0 radical (unpaired) electrons. The summed E-state index contributed by atoms with van der Waals surface area (Å²) in [5, 5.41) is 4.56. The van der Waals surface area contributed by atoms with Crippen LogP contribution in [-0.4, -0.2) is 31.0 Å². The zero-order valence-electron chi connectivity index (χ0n) is 12.8. The van der Waals surface area contributed by atoms with Gasteiger partial charge in [-0.25, -0.2) is 0 Å². The number of piperidine rings is 1. The van der Waals surface area contributed by atoms with Gasteiger partial charge in [0, 0.05) is 25.5 Å². The Kier molecular flexibility index (Phi) is 4.13. The number of benzene rings is 1. The molecule has 1 saturated heterocycles. The fraction of sp³-hybridized carbons (Fsp3) is 0.471. The fourth-order valence-electron chi connectivity index (χ4n) is 2.84. The fourth-order valence-corrected chi connectivity index (χ4v) is 2.84. The molecule has 4 heteroatoms. The summed E-state index contributed by atoms with van der Waals surface area (Å²) in [5.41, 5.74) is 0.941. The van der Waals surface area contributed by atoms with Crippen molar-refractivity contribution in [1.29, 1.82) is 0 Å². The second-order valence-electron chi connectivity index (χ2n) is 5.82. The van der Waals surface area contributed by atoms with Gasteiger partial charge in [0.25, 0.3) is 0 Å². The van der Waals surface area contributed by atoms with Crippen molar-refractivity contribution in [2.24, 2.45) is 10.9 Å². The molecule has 0 aliphatic carbocycles. The molecule has 0 bridgehead atoms. The third-order valence-electron chi connectivity index (χ3n) is 4.19. The van der Waals surface area contributed by atoms with Gasteiger partial charge in [-0.2, -0.15) is 0 Å². The summed E-state index contributed by atoms with van der Waals surface area (Å²) in [4.78, 5) is 6.73. The molecule has 0 atom stereocenters. The number of hydrogen-bond acceptors (Lipinski definition) is 2. The van der Waals surface area contributed by atoms with Crippen molar-refractivity contribution in [2.75, 3.05) is 20.1 Å². The van der Waals surface area contributed by atoms with Crippen LogP contribution in [0.3, 0.4) is 0 Å². The van der Waals surface area contributed by atoms with E-state index in [0.717, 1.165) is 41.7 Å². The monoisotopic (exact) mass is 285 g/mol. The predicted octanol–water partition coefficient (Wildman–Crippen LogP) is 3.24. The smallest absolute Gasteiger partial charge is 0.194 e. The highest BCUT2D eigenvalue weighted by atomic mass is 16.3. The lowest BCUT2D eigenvalue weighted by Gasteiger charge is -2.32. The van der Waals surface area contributed by atoms with E-state index in [2.05, 4.69) is 34.3 Å². The lowest BCUT2D eigenvalue weighted by molar-refractivity contribution is 0.273. The number of aliphatic imine (C=N–C) groups is 1. The van der Waals surface area contributed by atoms with Crippen molar-refractivity contribution < 1.29 is 4.42 Å². The van der Waals surface area contributed by atoms with Crippen LogP contribution in [-0.2, 0) is 6.54 Å². The largest absolute Gasteiger partial charge is 0.459 e. The molecule has 1 aliphatic rings. The van der Waals surface area contributed by atoms with Crippen LogP contribution in [0.25, 0.3) is 11.0 Å². The van der Waals surface area contributed by atoms with Gasteiger partial charge >= 0.3 is 0 Å². The van der Waals surface area contributed by atoms with Crippen molar-refractivity contribution >= 4 is 16.9 Å². The van der Waals surface area contributed by atoms with Crippen LogP contribution in [0.4, 0.5) is 0 Å². The Balaban J connectivity index is 1.62. The van der Waals surface area contributed by atoms with Crippen LogP contribution in [0.2, 0.25) is 0 Å². The maximum Gasteiger partial charge on any atom is 0.194 e. The molecular formula is C17H23N3O. The standard InChI is InChI=1S/C17H23N3O/c1-13-7-9-20(10-8-13)17(18-2)19-12-15-11-14-5-3-4-6-16(14)21-15/h3-6,11,13H,7-10,12H2,1-2H3,(H,18,19). The van der Waals surface area contributed by atoms with Gasteiger partial charge in [-0.1, -0.05) is 25.1 Å². The highest BCUT2D eigenvalue weighted by molar-refractivity contribution is 5.80. The molecule has 0 spiro atoms. The van der Waals surface area contributed by atoms with Crippen LogP contribution in [0.15, 0.2) is 39.7 Å². The molecule has 1 aliphatic heterocycles. The van der Waals surface area contributed by atoms with Crippen molar-refractivity contribution in [1.82, 2.24) is 10.2 Å². The van der Waals surface area contributed by atoms with Crippen LogP contribution < -0.4 is 5.32 Å². The van der Waals surface area contributed by atoms with E-state index in [0.29, 0.717) is 6.54 Å². The molecule has 0 saturated carbocycles. The first-order valence-electron chi connectivity index (χ1n) is 7.69. The number of fused-ring (bicyclic) bond motifs is 1. The number of nitrogens with one attached hydrogen (secondary N) is 1. The van der Waals surface area contributed by atoms with Gasteiger partial charge in [0.05, 0.1) is 6.54 Å². The SMILES string of the molecule is CN=C(NCc1cc2ccccc2o1)N1CCC(C)CC1. The van der Waals surface area contributed by atoms with Gasteiger partial charge in [-0.15, -0.1) is 0 Å². The number of hydrogen-bond donors (Lipinski definition) is 1. The number of rotatable bonds is 2. The zero-order valence-corrected chi connectivity index (χ0v) is 12.8. The summed E-state index contributed by atoms with van der Waals surface area (Å²) in [6.07, 6.45) is 2.48. The normalized spacial score (nSPS) is 17.4. The molecule has 0 unspecified atom stereocenters. The van der Waals surface area contributed by atoms with Gasteiger partial charge < -0.3 is 14.6 Å². The van der Waals surface area contributed by atoms with E-state index in [4.69, 9.17) is 4.42 Å². The minimum absolute atomic E-state index is 0.674. The van der Waals surface area contributed by atoms with Gasteiger partial charge in [0.2, 0.25) is 0 Å². The number of para-hydroxylation sites is 1. The molecule has 2 heterocycles. The minimum atomic E-state index is 0.674. The molecule has 0 amide bonds. The van der Waals surface area contributed by atoms with Crippen LogP contribution in [0.5, 0.6) is 0 Å². The quantitative estimate of drug-likeness (QED) is 0.680. The molecule has 1 aromatic heterocycles. The number of guanidine groups is 1. The summed E-state index contributed by atoms with van der Waals surface area (Å²) in [7, 11) is 1.85. The van der Waals surface area contributed by atoms with Crippen molar-refractivity contribution in [2.45, 2.75) is 26.3 Å². The van der Waals surface area contributed by atoms with Crippen molar-refractivity contribution in [3.8, 4) is 0 Å². The maximum atomic E-state index is 5.83. The van der Waals surface area contributed by atoms with Gasteiger partial charge in [-0.05, 0) is 30.9 Å². The average molecular weight is 285 g/mol. The van der Waals surface area contributed by atoms with Crippen molar-refractivity contribution in [3.05, 3.63) is 36.1 Å². The van der Waals surface area contributed by atoms with Gasteiger partial charge in [0.15, 0.2) is 5.96 Å². The lowest BCUT2D eigenvalue weighted by Crippen LogP contribution is -2.45. The average Bonchev–Trinajstić information content (AvgIpc) is 2.92. The lowest BCUT2D eigenvalue weighted by atomic mass is 10.00. The Morgan fingerprint density at radius 1 is 1.33 bits per heavy atom. The van der Waals surface area contributed by atoms with E-state index < -0.39 is 0 Å². The molecule has 3 rings (SSSR count). The first-order valence-corrected chi connectivity index (χ1v) is 7.69. The highest BCUT2D eigenvalue weighted by Gasteiger charge is 2.18. The Morgan fingerprint density at radius 2 is 2.10 bits per heavy atom. The van der Waals surface area contributed by atoms with E-state index >= 15 is 0 Å². The van der Waals surface area contributed by atoms with E-state index in [9.17, 15) is 0 Å². The first-order chi connectivity index (χ1) is 10.3. The maximum absolute atomic E-state index is 5.83. The van der Waals surface area contributed by atoms with Crippen LogP contribution >= 0.6 is 0 Å². The molecule has 21 heavy (non-hydrogen) atoms. The summed E-state index contributed by atoms with van der Waals surface area (Å²) in [6.45, 7) is 5.16.